The van der Waals surface area contributed by atoms with Gasteiger partial charge in [0.05, 0.1) is 5.75 Å². The second kappa shape index (κ2) is 11.8. The van der Waals surface area contributed by atoms with Crippen LogP contribution in [0, 0.1) is 11.3 Å². The Morgan fingerprint density at radius 3 is 2.28 bits per heavy atom. The van der Waals surface area contributed by atoms with Crippen LogP contribution in [0.5, 0.6) is 0 Å². The predicted molar refractivity (Wildman–Crippen MR) is 145 cm³/mol. The molecule has 194 valence electrons. The summed E-state index contributed by atoms with van der Waals surface area (Å²) in [6, 6.07) is 12.3. The Morgan fingerprint density at radius 2 is 1.64 bits per heavy atom. The Labute approximate surface area is 223 Å². The van der Waals surface area contributed by atoms with Crippen LogP contribution in [-0.2, 0) is 16.0 Å². The number of carbonyl (C=O) groups is 2. The minimum atomic E-state index is -0.381. The third-order valence-corrected chi connectivity index (χ3v) is 7.88. The number of carbonyl (C=O) groups excluding carboxylic acids is 2. The van der Waals surface area contributed by atoms with E-state index >= 15 is 0 Å². The fraction of sp³-hybridized carbons (Fsp3) is 0.556. The number of rotatable bonds is 6. The van der Waals surface area contributed by atoms with Crippen LogP contribution < -0.4 is 4.90 Å². The normalized spacial score (nSPS) is 17.4. The number of aromatic nitrogens is 2. The molecule has 0 unspecified atom stereocenters. The third-order valence-electron chi connectivity index (χ3n) is 6.85. The van der Waals surface area contributed by atoms with Gasteiger partial charge in [-0.05, 0) is 30.7 Å². The molecule has 2 saturated heterocycles. The van der Waals surface area contributed by atoms with Crippen LogP contribution in [0.15, 0.2) is 41.6 Å². The minimum Gasteiger partial charge on any atom is -0.353 e. The molecule has 3 heterocycles. The van der Waals surface area contributed by atoms with E-state index in [0.29, 0.717) is 48.2 Å². The van der Waals surface area contributed by atoms with Crippen LogP contribution in [0.4, 0.5) is 5.82 Å². The molecule has 2 fully saturated rings. The van der Waals surface area contributed by atoms with Crippen molar-refractivity contribution in [1.82, 2.24) is 19.8 Å². The average molecular weight is 530 g/mol. The van der Waals surface area contributed by atoms with Crippen molar-refractivity contribution in [3.8, 4) is 0 Å². The second-order valence-electron chi connectivity index (χ2n) is 10.7. The quantitative estimate of drug-likeness (QED) is 0.314. The standard InChI is InChI=1S/C27H36ClN5O2S/c1-27(2,3)25(35)33-15-13-31(14-16-33)23-18-22(28)29-26(30-23)36-19-24(34)32-11-9-21(10-12-32)17-20-7-5-4-6-8-20/h4-8,18,21H,9-17,19H2,1-3H3. The molecule has 0 bridgehead atoms. The zero-order valence-corrected chi connectivity index (χ0v) is 23.0. The molecule has 2 aromatic rings. The highest BCUT2D eigenvalue weighted by Gasteiger charge is 2.30. The fourth-order valence-corrected chi connectivity index (χ4v) is 5.76. The van der Waals surface area contributed by atoms with Crippen molar-refractivity contribution in [1.29, 1.82) is 0 Å². The molecule has 0 aliphatic carbocycles. The van der Waals surface area contributed by atoms with Crippen LogP contribution in [0.1, 0.15) is 39.2 Å². The van der Waals surface area contributed by atoms with Gasteiger partial charge < -0.3 is 14.7 Å². The van der Waals surface area contributed by atoms with Gasteiger partial charge in [0, 0.05) is 50.7 Å². The molecular weight excluding hydrogens is 494 g/mol. The minimum absolute atomic E-state index is 0.123. The first-order valence-electron chi connectivity index (χ1n) is 12.7. The number of halogens is 1. The zero-order chi connectivity index (χ0) is 25.7. The molecule has 36 heavy (non-hydrogen) atoms. The number of hydrogen-bond donors (Lipinski definition) is 0. The highest BCUT2D eigenvalue weighted by atomic mass is 35.5. The highest BCUT2D eigenvalue weighted by Crippen LogP contribution is 2.26. The molecular formula is C27H36ClN5O2S. The second-order valence-corrected chi connectivity index (χ2v) is 12.0. The lowest BCUT2D eigenvalue weighted by molar-refractivity contribution is -0.139. The molecule has 0 radical (unpaired) electrons. The molecule has 2 amide bonds. The number of piperazine rings is 1. The Hall–Kier alpha value is -2.32. The van der Waals surface area contributed by atoms with Crippen molar-refractivity contribution in [3.63, 3.8) is 0 Å². The van der Waals surface area contributed by atoms with Gasteiger partial charge in [0.25, 0.3) is 0 Å². The zero-order valence-electron chi connectivity index (χ0n) is 21.5. The van der Waals surface area contributed by atoms with Gasteiger partial charge in [-0.3, -0.25) is 9.59 Å². The van der Waals surface area contributed by atoms with Crippen molar-refractivity contribution in [2.24, 2.45) is 11.3 Å². The van der Waals surface area contributed by atoms with Crippen molar-refractivity contribution >= 4 is 41.0 Å². The van der Waals surface area contributed by atoms with E-state index < -0.39 is 0 Å². The lowest BCUT2D eigenvalue weighted by Gasteiger charge is -2.38. The number of hydrogen-bond acceptors (Lipinski definition) is 6. The summed E-state index contributed by atoms with van der Waals surface area (Å²) in [5.41, 5.74) is 0.988. The number of amides is 2. The van der Waals surface area contributed by atoms with Gasteiger partial charge in [0.2, 0.25) is 11.8 Å². The summed E-state index contributed by atoms with van der Waals surface area (Å²) in [6.45, 7) is 10.1. The van der Waals surface area contributed by atoms with E-state index in [1.165, 1.54) is 17.3 Å². The molecule has 4 rings (SSSR count). The Balaban J connectivity index is 1.26. The van der Waals surface area contributed by atoms with E-state index in [-0.39, 0.29) is 17.2 Å². The van der Waals surface area contributed by atoms with E-state index in [9.17, 15) is 9.59 Å². The molecule has 9 heteroatoms. The molecule has 0 spiro atoms. The van der Waals surface area contributed by atoms with Crippen molar-refractivity contribution in [2.75, 3.05) is 49.9 Å². The maximum atomic E-state index is 12.9. The van der Waals surface area contributed by atoms with Crippen LogP contribution >= 0.6 is 23.4 Å². The van der Waals surface area contributed by atoms with E-state index in [1.54, 1.807) is 6.07 Å². The number of benzene rings is 1. The largest absolute Gasteiger partial charge is 0.353 e. The summed E-state index contributed by atoms with van der Waals surface area (Å²) in [5.74, 6) is 1.97. The Bertz CT molecular complexity index is 1050. The summed E-state index contributed by atoms with van der Waals surface area (Å²) in [7, 11) is 0. The summed E-state index contributed by atoms with van der Waals surface area (Å²) in [4.78, 5) is 40.4. The van der Waals surface area contributed by atoms with E-state index in [0.717, 1.165) is 38.2 Å². The fourth-order valence-electron chi connectivity index (χ4n) is 4.78. The summed E-state index contributed by atoms with van der Waals surface area (Å²) < 4.78 is 0. The van der Waals surface area contributed by atoms with Crippen molar-refractivity contribution < 1.29 is 9.59 Å². The molecule has 0 atom stereocenters. The number of nitrogens with zero attached hydrogens (tertiary/aromatic N) is 5. The van der Waals surface area contributed by atoms with E-state index in [1.807, 2.05) is 36.6 Å². The molecule has 0 N–H and O–H groups in total. The summed E-state index contributed by atoms with van der Waals surface area (Å²) in [6.07, 6.45) is 3.15. The number of anilines is 1. The first kappa shape index (κ1) is 26.7. The first-order chi connectivity index (χ1) is 17.2. The molecule has 7 nitrogen and oxygen atoms in total. The average Bonchev–Trinajstić information content (AvgIpc) is 2.87. The number of piperidine rings is 1. The van der Waals surface area contributed by atoms with Gasteiger partial charge in [0.1, 0.15) is 11.0 Å². The molecule has 1 aromatic carbocycles. The lowest BCUT2D eigenvalue weighted by atomic mass is 9.90. The van der Waals surface area contributed by atoms with Crippen molar-refractivity contribution in [3.05, 3.63) is 47.1 Å². The number of thioether (sulfide) groups is 1. The first-order valence-corrected chi connectivity index (χ1v) is 14.1. The van der Waals surface area contributed by atoms with E-state index in [2.05, 4.69) is 39.1 Å². The van der Waals surface area contributed by atoms with Gasteiger partial charge in [-0.1, -0.05) is 74.5 Å². The number of likely N-dealkylation sites (tertiary alicyclic amines) is 1. The molecule has 2 aliphatic heterocycles. The predicted octanol–water partition coefficient (Wildman–Crippen LogP) is 4.40. The van der Waals surface area contributed by atoms with Crippen LogP contribution in [0.25, 0.3) is 0 Å². The van der Waals surface area contributed by atoms with Crippen molar-refractivity contribution in [2.45, 2.75) is 45.2 Å². The molecule has 0 saturated carbocycles. The Morgan fingerprint density at radius 1 is 0.972 bits per heavy atom. The lowest BCUT2D eigenvalue weighted by Crippen LogP contribution is -2.51. The van der Waals surface area contributed by atoms with Crippen LogP contribution in [-0.4, -0.2) is 76.6 Å². The third kappa shape index (κ3) is 7.13. The SMILES string of the molecule is CC(C)(C)C(=O)N1CCN(c2cc(Cl)nc(SCC(=O)N3CCC(Cc4ccccc4)CC3)n2)CC1. The topological polar surface area (TPSA) is 69.6 Å². The van der Waals surface area contributed by atoms with Gasteiger partial charge in [-0.15, -0.1) is 0 Å². The van der Waals surface area contributed by atoms with E-state index in [4.69, 9.17) is 11.6 Å². The smallest absolute Gasteiger partial charge is 0.233 e. The Kier molecular flexibility index (Phi) is 8.78. The summed E-state index contributed by atoms with van der Waals surface area (Å²) in [5, 5.41) is 0.878. The van der Waals surface area contributed by atoms with Gasteiger partial charge in [-0.2, -0.15) is 0 Å². The maximum absolute atomic E-state index is 12.9. The highest BCUT2D eigenvalue weighted by molar-refractivity contribution is 7.99. The summed E-state index contributed by atoms with van der Waals surface area (Å²) >= 11 is 7.64. The molecule has 2 aliphatic rings. The molecule has 1 aromatic heterocycles. The monoisotopic (exact) mass is 529 g/mol. The van der Waals surface area contributed by atoms with Gasteiger partial charge in [0.15, 0.2) is 5.16 Å². The van der Waals surface area contributed by atoms with Gasteiger partial charge >= 0.3 is 0 Å². The maximum Gasteiger partial charge on any atom is 0.233 e. The van der Waals surface area contributed by atoms with Gasteiger partial charge in [-0.25, -0.2) is 9.97 Å². The van der Waals surface area contributed by atoms with Crippen LogP contribution in [0.3, 0.4) is 0 Å². The van der Waals surface area contributed by atoms with Crippen LogP contribution in [0.2, 0.25) is 5.15 Å².